The number of anilines is 3. The van der Waals surface area contributed by atoms with Crippen LogP contribution < -0.4 is 10.6 Å². The molecule has 0 spiro atoms. The maximum atomic E-state index is 4.28. The van der Waals surface area contributed by atoms with Crippen LogP contribution in [0.1, 0.15) is 24.0 Å². The molecule has 4 nitrogen and oxygen atoms in total. The third-order valence-corrected chi connectivity index (χ3v) is 3.33. The van der Waals surface area contributed by atoms with Crippen LogP contribution in [0.25, 0.3) is 0 Å². The maximum Gasteiger partial charge on any atom is 0.135 e. The van der Waals surface area contributed by atoms with E-state index in [2.05, 4.69) is 52.6 Å². The molecule has 4 heteroatoms. The molecule has 0 aliphatic heterocycles. The second-order valence-corrected chi connectivity index (χ2v) is 5.10. The molecule has 19 heavy (non-hydrogen) atoms. The van der Waals surface area contributed by atoms with E-state index in [1.807, 2.05) is 6.07 Å². The van der Waals surface area contributed by atoms with E-state index in [1.54, 1.807) is 6.33 Å². The molecule has 1 aliphatic rings. The van der Waals surface area contributed by atoms with Gasteiger partial charge in [0.15, 0.2) is 0 Å². The molecule has 1 aromatic heterocycles. The van der Waals surface area contributed by atoms with Crippen LogP contribution in [0.3, 0.4) is 0 Å². The molecular weight excluding hydrogens is 236 g/mol. The second-order valence-electron chi connectivity index (χ2n) is 5.10. The summed E-state index contributed by atoms with van der Waals surface area (Å²) in [7, 11) is 0. The molecule has 1 aromatic carbocycles. The van der Waals surface area contributed by atoms with Gasteiger partial charge < -0.3 is 10.6 Å². The van der Waals surface area contributed by atoms with Crippen molar-refractivity contribution in [3.05, 3.63) is 41.7 Å². The predicted molar refractivity (Wildman–Crippen MR) is 77.9 cm³/mol. The summed E-state index contributed by atoms with van der Waals surface area (Å²) in [5.74, 6) is 1.72. The summed E-state index contributed by atoms with van der Waals surface area (Å²) >= 11 is 0. The van der Waals surface area contributed by atoms with Crippen molar-refractivity contribution in [2.24, 2.45) is 0 Å². The summed E-state index contributed by atoms with van der Waals surface area (Å²) < 4.78 is 0. The van der Waals surface area contributed by atoms with Crippen molar-refractivity contribution in [1.82, 2.24) is 9.97 Å². The minimum atomic E-state index is 0.600. The van der Waals surface area contributed by atoms with Crippen molar-refractivity contribution in [2.45, 2.75) is 32.7 Å². The van der Waals surface area contributed by atoms with Crippen LogP contribution in [-0.2, 0) is 0 Å². The van der Waals surface area contributed by atoms with Crippen LogP contribution in [0.15, 0.2) is 30.6 Å². The summed E-state index contributed by atoms with van der Waals surface area (Å²) in [5, 5.41) is 6.76. The fourth-order valence-corrected chi connectivity index (χ4v) is 2.08. The maximum absolute atomic E-state index is 4.28. The smallest absolute Gasteiger partial charge is 0.135 e. The highest BCUT2D eigenvalue weighted by molar-refractivity contribution is 5.65. The van der Waals surface area contributed by atoms with Gasteiger partial charge in [0.25, 0.3) is 0 Å². The lowest BCUT2D eigenvalue weighted by molar-refractivity contribution is 1.08. The number of hydrogen-bond donors (Lipinski definition) is 2. The molecule has 0 atom stereocenters. The Hall–Kier alpha value is -2.10. The number of hydrogen-bond acceptors (Lipinski definition) is 4. The van der Waals surface area contributed by atoms with E-state index in [4.69, 9.17) is 0 Å². The molecule has 0 unspecified atom stereocenters. The van der Waals surface area contributed by atoms with Crippen molar-refractivity contribution in [3.8, 4) is 0 Å². The summed E-state index contributed by atoms with van der Waals surface area (Å²) in [6.07, 6.45) is 4.08. The molecule has 3 rings (SSSR count). The van der Waals surface area contributed by atoms with E-state index >= 15 is 0 Å². The van der Waals surface area contributed by atoms with Crippen LogP contribution in [0.2, 0.25) is 0 Å². The SMILES string of the molecule is Cc1cccc(C)c1Nc1cc(NC2CC2)ncn1. The van der Waals surface area contributed by atoms with E-state index in [9.17, 15) is 0 Å². The number of aryl methyl sites for hydroxylation is 2. The van der Waals surface area contributed by atoms with Gasteiger partial charge in [0, 0.05) is 17.8 Å². The molecule has 1 saturated carbocycles. The fraction of sp³-hybridized carbons (Fsp3) is 0.333. The highest BCUT2D eigenvalue weighted by Gasteiger charge is 2.21. The third-order valence-electron chi connectivity index (χ3n) is 3.33. The first-order valence-corrected chi connectivity index (χ1v) is 6.64. The minimum absolute atomic E-state index is 0.600. The molecule has 0 amide bonds. The van der Waals surface area contributed by atoms with Crippen LogP contribution in [0.5, 0.6) is 0 Å². The van der Waals surface area contributed by atoms with E-state index in [0.717, 1.165) is 17.3 Å². The Balaban J connectivity index is 1.82. The molecule has 0 bridgehead atoms. The molecule has 0 radical (unpaired) electrons. The third kappa shape index (κ3) is 2.84. The zero-order valence-corrected chi connectivity index (χ0v) is 11.3. The quantitative estimate of drug-likeness (QED) is 0.877. The predicted octanol–water partition coefficient (Wildman–Crippen LogP) is 3.41. The van der Waals surface area contributed by atoms with Gasteiger partial charge in [-0.2, -0.15) is 0 Å². The fourth-order valence-electron chi connectivity index (χ4n) is 2.08. The van der Waals surface area contributed by atoms with Crippen molar-refractivity contribution in [2.75, 3.05) is 10.6 Å². The standard InChI is InChI=1S/C15H18N4/c1-10-4-3-5-11(2)15(10)19-14-8-13(16-9-17-14)18-12-6-7-12/h3-5,8-9,12H,6-7H2,1-2H3,(H2,16,17,18,19). The first-order valence-electron chi connectivity index (χ1n) is 6.64. The van der Waals surface area contributed by atoms with Gasteiger partial charge in [0.05, 0.1) is 0 Å². The lowest BCUT2D eigenvalue weighted by Crippen LogP contribution is -2.05. The zero-order valence-electron chi connectivity index (χ0n) is 11.3. The number of aromatic nitrogens is 2. The van der Waals surface area contributed by atoms with Gasteiger partial charge in [-0.15, -0.1) is 0 Å². The average Bonchev–Trinajstić information content (AvgIpc) is 3.18. The van der Waals surface area contributed by atoms with Crippen molar-refractivity contribution >= 4 is 17.3 Å². The Bertz CT molecular complexity index is 570. The van der Waals surface area contributed by atoms with Crippen LogP contribution in [-0.4, -0.2) is 16.0 Å². The Morgan fingerprint density at radius 2 is 1.74 bits per heavy atom. The monoisotopic (exact) mass is 254 g/mol. The van der Waals surface area contributed by atoms with Gasteiger partial charge in [0.1, 0.15) is 18.0 Å². The number of rotatable bonds is 4. The Morgan fingerprint density at radius 1 is 1.05 bits per heavy atom. The molecule has 1 fully saturated rings. The number of para-hydroxylation sites is 1. The summed E-state index contributed by atoms with van der Waals surface area (Å²) in [4.78, 5) is 8.53. The van der Waals surface area contributed by atoms with E-state index in [-0.39, 0.29) is 0 Å². The lowest BCUT2D eigenvalue weighted by atomic mass is 10.1. The summed E-state index contributed by atoms with van der Waals surface area (Å²) in [6.45, 7) is 4.19. The lowest BCUT2D eigenvalue weighted by Gasteiger charge is -2.12. The average molecular weight is 254 g/mol. The van der Waals surface area contributed by atoms with Crippen LogP contribution in [0.4, 0.5) is 17.3 Å². The van der Waals surface area contributed by atoms with Crippen LogP contribution in [0, 0.1) is 13.8 Å². The molecule has 1 aliphatic carbocycles. The summed E-state index contributed by atoms with van der Waals surface area (Å²) in [6, 6.07) is 8.82. The summed E-state index contributed by atoms with van der Waals surface area (Å²) in [5.41, 5.74) is 3.56. The zero-order chi connectivity index (χ0) is 13.2. The van der Waals surface area contributed by atoms with Crippen molar-refractivity contribution in [1.29, 1.82) is 0 Å². The van der Waals surface area contributed by atoms with Gasteiger partial charge in [-0.05, 0) is 37.8 Å². The van der Waals surface area contributed by atoms with Gasteiger partial charge in [0.2, 0.25) is 0 Å². The Labute approximate surface area is 113 Å². The number of nitrogens with zero attached hydrogens (tertiary/aromatic N) is 2. The van der Waals surface area contributed by atoms with Gasteiger partial charge in [-0.1, -0.05) is 18.2 Å². The minimum Gasteiger partial charge on any atom is -0.367 e. The Morgan fingerprint density at radius 3 is 2.42 bits per heavy atom. The molecule has 1 heterocycles. The topological polar surface area (TPSA) is 49.8 Å². The van der Waals surface area contributed by atoms with Gasteiger partial charge in [-0.3, -0.25) is 0 Å². The van der Waals surface area contributed by atoms with Crippen molar-refractivity contribution < 1.29 is 0 Å². The number of nitrogens with one attached hydrogen (secondary N) is 2. The molecule has 0 saturated heterocycles. The number of benzene rings is 1. The molecular formula is C15H18N4. The molecule has 98 valence electrons. The largest absolute Gasteiger partial charge is 0.367 e. The van der Waals surface area contributed by atoms with Gasteiger partial charge in [-0.25, -0.2) is 9.97 Å². The highest BCUT2D eigenvalue weighted by Crippen LogP contribution is 2.26. The first-order chi connectivity index (χ1) is 9.22. The van der Waals surface area contributed by atoms with Crippen molar-refractivity contribution in [3.63, 3.8) is 0 Å². The normalized spacial score (nSPS) is 14.2. The van der Waals surface area contributed by atoms with E-state index < -0.39 is 0 Å². The van der Waals surface area contributed by atoms with Crippen LogP contribution >= 0.6 is 0 Å². The molecule has 2 aromatic rings. The first kappa shape index (κ1) is 12.0. The van der Waals surface area contributed by atoms with E-state index in [1.165, 1.54) is 24.0 Å². The van der Waals surface area contributed by atoms with E-state index in [0.29, 0.717) is 6.04 Å². The Kier molecular flexibility index (Phi) is 3.07. The molecule has 2 N–H and O–H groups in total. The second kappa shape index (κ2) is 4.88. The van der Waals surface area contributed by atoms with Gasteiger partial charge >= 0.3 is 0 Å². The highest BCUT2D eigenvalue weighted by atomic mass is 15.1.